The van der Waals surface area contributed by atoms with Gasteiger partial charge in [-0.25, -0.2) is 0 Å². The van der Waals surface area contributed by atoms with Crippen LogP contribution in [0.2, 0.25) is 0 Å². The molecule has 17 heteroatoms. The monoisotopic (exact) mass is 757 g/mol. The molecule has 12 unspecified atom stereocenters. The minimum Gasteiger partial charge on any atom is -0.376 e. The van der Waals surface area contributed by atoms with Gasteiger partial charge in [-0.3, -0.25) is 24.0 Å². The average molecular weight is 758 g/mol. The van der Waals surface area contributed by atoms with Crippen LogP contribution in [0.5, 0.6) is 0 Å². The molecule has 0 bridgehead atoms. The number of amides is 5. The second-order valence-corrected chi connectivity index (χ2v) is 14.8. The molecule has 2 aliphatic heterocycles. The molecule has 3 rings (SSSR count). The number of hydrogen-bond donors (Lipinski definition) is 0. The van der Waals surface area contributed by atoms with Crippen molar-refractivity contribution in [1.82, 2.24) is 24.5 Å². The van der Waals surface area contributed by atoms with Gasteiger partial charge in [-0.1, -0.05) is 0 Å². The van der Waals surface area contributed by atoms with Crippen molar-refractivity contribution in [2.24, 2.45) is 0 Å². The van der Waals surface area contributed by atoms with Gasteiger partial charge >= 0.3 is 0 Å². The summed E-state index contributed by atoms with van der Waals surface area (Å²) in [5.41, 5.74) is -0.951. The first-order valence-corrected chi connectivity index (χ1v) is 18.1. The summed E-state index contributed by atoms with van der Waals surface area (Å²) in [6.45, 7) is 9.47. The molecule has 17 nitrogen and oxygen atoms in total. The first-order valence-electron chi connectivity index (χ1n) is 18.1. The third kappa shape index (κ3) is 9.85. The number of carbonyl (C=O) groups excluding carboxylic acids is 5. The quantitative estimate of drug-likeness (QED) is 0.253. The van der Waals surface area contributed by atoms with E-state index in [2.05, 4.69) is 0 Å². The predicted molar refractivity (Wildman–Crippen MR) is 191 cm³/mol. The highest BCUT2D eigenvalue weighted by atomic mass is 16.7. The molecule has 0 radical (unpaired) electrons. The number of hydrogen-bond acceptors (Lipinski definition) is 12. The Bertz CT molecular complexity index is 1310. The lowest BCUT2D eigenvalue weighted by Gasteiger charge is -2.54. The first-order chi connectivity index (χ1) is 24.7. The molecule has 304 valence electrons. The number of methoxy groups -OCH3 is 3. The van der Waals surface area contributed by atoms with Gasteiger partial charge in [0.1, 0.15) is 30.0 Å². The summed E-state index contributed by atoms with van der Waals surface area (Å²) in [5.74, 6) is -1.00. The van der Waals surface area contributed by atoms with Crippen molar-refractivity contribution in [3.05, 3.63) is 0 Å². The normalized spacial score (nSPS) is 34.5. The van der Waals surface area contributed by atoms with Crippen LogP contribution in [0, 0.1) is 0 Å². The molecule has 3 fully saturated rings. The molecule has 0 N–H and O–H groups in total. The average Bonchev–Trinajstić information content (AvgIpc) is 3.10. The summed E-state index contributed by atoms with van der Waals surface area (Å²) in [5, 5.41) is 0. The fourth-order valence-corrected chi connectivity index (χ4v) is 7.71. The molecule has 1 saturated carbocycles. The van der Waals surface area contributed by atoms with Gasteiger partial charge in [-0.15, -0.1) is 0 Å². The summed E-state index contributed by atoms with van der Waals surface area (Å²) in [4.78, 5) is 71.3. The van der Waals surface area contributed by atoms with Crippen LogP contribution in [0.1, 0.15) is 60.8 Å². The van der Waals surface area contributed by atoms with E-state index < -0.39 is 72.9 Å². The van der Waals surface area contributed by atoms with Crippen LogP contribution in [-0.4, -0.2) is 197 Å². The lowest BCUT2D eigenvalue weighted by Crippen LogP contribution is -2.71. The van der Waals surface area contributed by atoms with E-state index in [-0.39, 0.29) is 42.6 Å². The zero-order chi connectivity index (χ0) is 40.1. The van der Waals surface area contributed by atoms with Crippen molar-refractivity contribution in [1.29, 1.82) is 0 Å². The molecule has 0 aromatic carbocycles. The number of carbonyl (C=O) groups is 5. The first kappa shape index (κ1) is 44.5. The second-order valence-electron chi connectivity index (χ2n) is 14.8. The zero-order valence-corrected chi connectivity index (χ0v) is 34.0. The summed E-state index contributed by atoms with van der Waals surface area (Å²) in [6.07, 6.45) is -4.72. The van der Waals surface area contributed by atoms with E-state index in [0.29, 0.717) is 19.4 Å². The molecule has 1 aliphatic carbocycles. The van der Waals surface area contributed by atoms with Gasteiger partial charge in [0.25, 0.3) is 0 Å². The summed E-state index contributed by atoms with van der Waals surface area (Å²) < 4.78 is 44.7. The van der Waals surface area contributed by atoms with E-state index in [9.17, 15) is 24.0 Å². The predicted octanol–water partition coefficient (Wildman–Crippen LogP) is 0.323. The molecule has 12 atom stereocenters. The van der Waals surface area contributed by atoms with Crippen molar-refractivity contribution in [2.75, 3.05) is 69.7 Å². The Kier molecular flexibility index (Phi) is 15.6. The molecular formula is C36H63N5O12. The summed E-state index contributed by atoms with van der Waals surface area (Å²) in [7, 11) is 12.9. The van der Waals surface area contributed by atoms with E-state index in [0.717, 1.165) is 0 Å². The molecule has 0 spiro atoms. The highest BCUT2D eigenvalue weighted by Crippen LogP contribution is 2.39. The molecule has 2 heterocycles. The van der Waals surface area contributed by atoms with Gasteiger partial charge in [-0.05, 0) is 26.2 Å². The van der Waals surface area contributed by atoms with Gasteiger partial charge in [0.2, 0.25) is 29.5 Å². The van der Waals surface area contributed by atoms with E-state index in [1.807, 2.05) is 6.92 Å². The van der Waals surface area contributed by atoms with Crippen molar-refractivity contribution >= 4 is 29.5 Å². The molecular weight excluding hydrogens is 694 g/mol. The van der Waals surface area contributed by atoms with Crippen molar-refractivity contribution in [2.45, 2.75) is 134 Å². The van der Waals surface area contributed by atoms with Gasteiger partial charge in [0, 0.05) is 97.7 Å². The van der Waals surface area contributed by atoms with Crippen molar-refractivity contribution in [3.63, 3.8) is 0 Å². The van der Waals surface area contributed by atoms with Crippen LogP contribution in [0.15, 0.2) is 0 Å². The second kappa shape index (κ2) is 18.6. The fourth-order valence-electron chi connectivity index (χ4n) is 7.71. The van der Waals surface area contributed by atoms with Crippen molar-refractivity contribution in [3.8, 4) is 0 Å². The Morgan fingerprint density at radius 2 is 1.09 bits per heavy atom. The molecule has 0 aromatic rings. The SMILES string of the molecule is COC1C(OC2OCC(C)(OC)C(N(C)C(C)=O)C2OC)C(N(C)C(C)=O)CC(N(C)C(C)=O)C1OC1OC(CN(C)C(C)=O)CCC1N(C)C(C)=O. The smallest absolute Gasteiger partial charge is 0.219 e. The number of nitrogens with zero attached hydrogens (tertiary/aromatic N) is 5. The van der Waals surface area contributed by atoms with Gasteiger partial charge < -0.3 is 57.7 Å². The van der Waals surface area contributed by atoms with E-state index >= 15 is 0 Å². The Morgan fingerprint density at radius 3 is 1.53 bits per heavy atom. The van der Waals surface area contributed by atoms with Crippen LogP contribution in [0.25, 0.3) is 0 Å². The molecule has 3 aliphatic rings. The van der Waals surface area contributed by atoms with Gasteiger partial charge in [0.05, 0.1) is 36.9 Å². The maximum absolute atomic E-state index is 13.0. The molecule has 5 amide bonds. The van der Waals surface area contributed by atoms with Crippen LogP contribution in [0.4, 0.5) is 0 Å². The Morgan fingerprint density at radius 1 is 0.623 bits per heavy atom. The van der Waals surface area contributed by atoms with Crippen molar-refractivity contribution < 1.29 is 57.1 Å². The topological polar surface area (TPSA) is 166 Å². The lowest BCUT2D eigenvalue weighted by molar-refractivity contribution is -0.328. The van der Waals surface area contributed by atoms with Crippen LogP contribution < -0.4 is 0 Å². The Hall–Kier alpha value is -2.93. The zero-order valence-electron chi connectivity index (χ0n) is 34.0. The molecule has 2 saturated heterocycles. The Labute approximate surface area is 314 Å². The van der Waals surface area contributed by atoms with E-state index in [1.165, 1.54) is 48.8 Å². The third-order valence-corrected chi connectivity index (χ3v) is 11.6. The van der Waals surface area contributed by atoms with E-state index in [4.69, 9.17) is 33.2 Å². The van der Waals surface area contributed by atoms with E-state index in [1.54, 1.807) is 66.8 Å². The lowest BCUT2D eigenvalue weighted by atomic mass is 9.81. The van der Waals surface area contributed by atoms with Crippen LogP contribution in [-0.2, 0) is 57.1 Å². The highest BCUT2D eigenvalue weighted by Gasteiger charge is 2.57. The maximum atomic E-state index is 13.0. The number of likely N-dealkylation sites (N-methyl/N-ethyl adjacent to an activating group) is 5. The standard InChI is InChI=1S/C36H63N5O12/c1-20(42)37(7)18-25-15-16-26(38(8)21(2)43)34(51-25)52-29-27(39(9)22(3)44)17-28(40(10)23(4)45)30(31(29)47-12)53-35-32(48-13)33(41(11)24(5)46)36(6,49-14)19-50-35/h25-35H,15-19H2,1-14H3. The largest absolute Gasteiger partial charge is 0.376 e. The van der Waals surface area contributed by atoms with Gasteiger partial charge in [0.15, 0.2) is 12.6 Å². The summed E-state index contributed by atoms with van der Waals surface area (Å²) >= 11 is 0. The van der Waals surface area contributed by atoms with Gasteiger partial charge in [-0.2, -0.15) is 0 Å². The Balaban J connectivity index is 2.14. The third-order valence-electron chi connectivity index (χ3n) is 11.6. The summed E-state index contributed by atoms with van der Waals surface area (Å²) in [6, 6.07) is -2.42. The molecule has 53 heavy (non-hydrogen) atoms. The molecule has 0 aromatic heterocycles. The number of ether oxygens (including phenoxy) is 7. The van der Waals surface area contributed by atoms with Crippen LogP contribution >= 0.6 is 0 Å². The van der Waals surface area contributed by atoms with Crippen LogP contribution in [0.3, 0.4) is 0 Å². The highest BCUT2D eigenvalue weighted by molar-refractivity contribution is 5.75. The maximum Gasteiger partial charge on any atom is 0.219 e. The fraction of sp³-hybridized carbons (Fsp3) is 0.861. The number of rotatable bonds is 13. The minimum absolute atomic E-state index is 0.0502. The minimum atomic E-state index is -1.06.